The normalized spacial score (nSPS) is 10.2. The fourth-order valence-corrected chi connectivity index (χ4v) is 1.81. The van der Waals surface area contributed by atoms with Crippen molar-refractivity contribution in [2.45, 2.75) is 6.92 Å². The van der Waals surface area contributed by atoms with Crippen LogP contribution in [0, 0.1) is 6.92 Å². The maximum Gasteiger partial charge on any atom is 0.341 e. The molecule has 1 aromatic carbocycles. The number of ether oxygens (including phenoxy) is 2. The molecule has 0 bridgehead atoms. The average molecular weight is 295 g/mol. The predicted octanol–water partition coefficient (Wildman–Crippen LogP) is 2.94. The molecule has 1 N–H and O–H groups in total. The number of methoxy groups -OCH3 is 1. The Morgan fingerprint density at radius 2 is 2.10 bits per heavy atom. The largest absolute Gasteiger partial charge is 0.481 e. The first kappa shape index (κ1) is 14.1. The zero-order valence-electron chi connectivity index (χ0n) is 10.8. The number of benzene rings is 1. The van der Waals surface area contributed by atoms with Gasteiger partial charge in [0.25, 0.3) is 0 Å². The summed E-state index contributed by atoms with van der Waals surface area (Å²) in [6.45, 7) is 1.74. The van der Waals surface area contributed by atoms with Crippen molar-refractivity contribution < 1.29 is 19.4 Å². The van der Waals surface area contributed by atoms with Gasteiger partial charge in [0.15, 0.2) is 0 Å². The van der Waals surface area contributed by atoms with E-state index in [1.54, 1.807) is 19.1 Å². The number of carboxylic acids is 1. The van der Waals surface area contributed by atoms with Crippen LogP contribution >= 0.6 is 11.6 Å². The molecular weight excluding hydrogens is 284 g/mol. The van der Waals surface area contributed by atoms with Gasteiger partial charge in [0, 0.05) is 11.8 Å². The van der Waals surface area contributed by atoms with Crippen LogP contribution in [0.4, 0.5) is 0 Å². The van der Waals surface area contributed by atoms with Crippen molar-refractivity contribution in [1.29, 1.82) is 0 Å². The molecule has 6 nitrogen and oxygen atoms in total. The van der Waals surface area contributed by atoms with E-state index in [1.165, 1.54) is 19.2 Å². The van der Waals surface area contributed by atoms with Crippen LogP contribution in [-0.4, -0.2) is 28.2 Å². The number of carboxylic acid groups (broad SMARTS) is 1. The molecule has 0 aliphatic carbocycles. The van der Waals surface area contributed by atoms with Gasteiger partial charge in [0.1, 0.15) is 11.3 Å². The van der Waals surface area contributed by atoms with Crippen molar-refractivity contribution in [3.63, 3.8) is 0 Å². The summed E-state index contributed by atoms with van der Waals surface area (Å²) in [4.78, 5) is 19.2. The van der Waals surface area contributed by atoms with Crippen LogP contribution in [-0.2, 0) is 0 Å². The van der Waals surface area contributed by atoms with E-state index in [-0.39, 0.29) is 22.3 Å². The lowest BCUT2D eigenvalue weighted by atomic mass is 10.2. The van der Waals surface area contributed by atoms with Crippen molar-refractivity contribution in [3.8, 4) is 17.6 Å². The third-order valence-electron chi connectivity index (χ3n) is 2.41. The number of hydrogen-bond acceptors (Lipinski definition) is 5. The Balaban J connectivity index is 2.42. The Hall–Kier alpha value is -2.34. The Bertz CT molecular complexity index is 661. The van der Waals surface area contributed by atoms with Crippen LogP contribution in [0.3, 0.4) is 0 Å². The molecule has 0 fully saturated rings. The van der Waals surface area contributed by atoms with E-state index < -0.39 is 5.97 Å². The van der Waals surface area contributed by atoms with Gasteiger partial charge in [-0.2, -0.15) is 9.97 Å². The van der Waals surface area contributed by atoms with E-state index >= 15 is 0 Å². The summed E-state index contributed by atoms with van der Waals surface area (Å²) in [5.41, 5.74) is 0.490. The summed E-state index contributed by atoms with van der Waals surface area (Å²) in [7, 11) is 1.47. The lowest BCUT2D eigenvalue weighted by molar-refractivity contribution is 0.0694. The number of nitrogens with zero attached hydrogens (tertiary/aromatic N) is 2. The van der Waals surface area contributed by atoms with Gasteiger partial charge in [-0.25, -0.2) is 4.79 Å². The lowest BCUT2D eigenvalue weighted by Gasteiger charge is -2.09. The van der Waals surface area contributed by atoms with Gasteiger partial charge in [-0.1, -0.05) is 17.7 Å². The van der Waals surface area contributed by atoms with Gasteiger partial charge in [-0.15, -0.1) is 0 Å². The minimum atomic E-state index is -1.19. The Labute approximate surface area is 120 Å². The molecule has 0 radical (unpaired) electrons. The Kier molecular flexibility index (Phi) is 4.05. The Morgan fingerprint density at radius 1 is 1.35 bits per heavy atom. The van der Waals surface area contributed by atoms with Crippen LogP contribution in [0.2, 0.25) is 5.02 Å². The van der Waals surface area contributed by atoms with E-state index in [4.69, 9.17) is 26.2 Å². The highest BCUT2D eigenvalue weighted by Gasteiger charge is 2.17. The lowest BCUT2D eigenvalue weighted by Crippen LogP contribution is -2.03. The first-order valence-corrected chi connectivity index (χ1v) is 5.98. The van der Waals surface area contributed by atoms with Gasteiger partial charge in [0.05, 0.1) is 12.1 Å². The second-order valence-corrected chi connectivity index (χ2v) is 4.26. The number of aryl methyl sites for hydroxylation is 1. The molecule has 104 valence electrons. The van der Waals surface area contributed by atoms with E-state index in [2.05, 4.69) is 9.97 Å². The second-order valence-electron chi connectivity index (χ2n) is 3.85. The quantitative estimate of drug-likeness (QED) is 0.933. The standard InChI is InChI=1S/C13H11ClN2O4/c1-7-6-10(19-2)16-13(15-7)20-9-5-3-4-8(14)11(9)12(17)18/h3-6H,1-2H3,(H,17,18). The monoisotopic (exact) mass is 294 g/mol. The Morgan fingerprint density at radius 3 is 2.75 bits per heavy atom. The maximum atomic E-state index is 11.2. The first-order chi connectivity index (χ1) is 9.51. The molecule has 0 amide bonds. The summed E-state index contributed by atoms with van der Waals surface area (Å²) in [6, 6.07) is 6.15. The fourth-order valence-electron chi connectivity index (χ4n) is 1.56. The summed E-state index contributed by atoms with van der Waals surface area (Å²) >= 11 is 5.85. The maximum absolute atomic E-state index is 11.2. The molecule has 0 unspecified atom stereocenters. The number of hydrogen-bond donors (Lipinski definition) is 1. The summed E-state index contributed by atoms with van der Waals surface area (Å²) in [5, 5.41) is 9.23. The van der Waals surface area contributed by atoms with Crippen LogP contribution in [0.15, 0.2) is 24.3 Å². The number of aromatic carboxylic acids is 1. The molecule has 7 heteroatoms. The zero-order valence-corrected chi connectivity index (χ0v) is 11.5. The second kappa shape index (κ2) is 5.75. The van der Waals surface area contributed by atoms with Gasteiger partial charge >= 0.3 is 12.0 Å². The molecule has 2 aromatic rings. The number of rotatable bonds is 4. The molecule has 1 aromatic heterocycles. The van der Waals surface area contributed by atoms with Crippen LogP contribution in [0.1, 0.15) is 16.1 Å². The molecule has 2 rings (SSSR count). The number of halogens is 1. The molecule has 0 aliphatic rings. The minimum absolute atomic E-state index is 0.00776. The smallest absolute Gasteiger partial charge is 0.341 e. The van der Waals surface area contributed by atoms with E-state index in [0.717, 1.165) is 0 Å². The topological polar surface area (TPSA) is 81.5 Å². The molecule has 1 heterocycles. The summed E-state index contributed by atoms with van der Waals surface area (Å²) in [5.74, 6) is -0.797. The predicted molar refractivity (Wildman–Crippen MR) is 71.8 cm³/mol. The number of carbonyl (C=O) groups is 1. The third-order valence-corrected chi connectivity index (χ3v) is 2.72. The molecule has 0 spiro atoms. The molecule has 0 saturated heterocycles. The molecule has 0 aliphatic heterocycles. The third kappa shape index (κ3) is 2.97. The van der Waals surface area contributed by atoms with Crippen molar-refractivity contribution in [1.82, 2.24) is 9.97 Å². The van der Waals surface area contributed by atoms with E-state index in [0.29, 0.717) is 11.6 Å². The highest BCUT2D eigenvalue weighted by atomic mass is 35.5. The molecule has 0 atom stereocenters. The highest BCUT2D eigenvalue weighted by molar-refractivity contribution is 6.33. The average Bonchev–Trinajstić information content (AvgIpc) is 2.37. The van der Waals surface area contributed by atoms with E-state index in [9.17, 15) is 4.79 Å². The van der Waals surface area contributed by atoms with E-state index in [1.807, 2.05) is 0 Å². The minimum Gasteiger partial charge on any atom is -0.481 e. The molecule has 0 saturated carbocycles. The van der Waals surface area contributed by atoms with Gasteiger partial charge in [-0.05, 0) is 19.1 Å². The number of aromatic nitrogens is 2. The molecular formula is C13H11ClN2O4. The van der Waals surface area contributed by atoms with Crippen LogP contribution in [0.5, 0.6) is 17.6 Å². The van der Waals surface area contributed by atoms with Crippen molar-refractivity contribution in [3.05, 3.63) is 40.5 Å². The highest BCUT2D eigenvalue weighted by Crippen LogP contribution is 2.29. The van der Waals surface area contributed by atoms with Crippen LogP contribution in [0.25, 0.3) is 0 Å². The van der Waals surface area contributed by atoms with Gasteiger partial charge in [0.2, 0.25) is 5.88 Å². The zero-order chi connectivity index (χ0) is 14.7. The van der Waals surface area contributed by atoms with Crippen molar-refractivity contribution in [2.24, 2.45) is 0 Å². The van der Waals surface area contributed by atoms with Gasteiger partial charge in [-0.3, -0.25) is 0 Å². The summed E-state index contributed by atoms with van der Waals surface area (Å²) in [6.07, 6.45) is 0. The van der Waals surface area contributed by atoms with Crippen molar-refractivity contribution >= 4 is 17.6 Å². The van der Waals surface area contributed by atoms with Crippen LogP contribution < -0.4 is 9.47 Å². The fraction of sp³-hybridized carbons (Fsp3) is 0.154. The van der Waals surface area contributed by atoms with Gasteiger partial charge < -0.3 is 14.6 Å². The van der Waals surface area contributed by atoms with Crippen molar-refractivity contribution in [2.75, 3.05) is 7.11 Å². The summed E-state index contributed by atoms with van der Waals surface area (Å²) < 4.78 is 10.4. The SMILES string of the molecule is COc1cc(C)nc(Oc2cccc(Cl)c2C(=O)O)n1. The first-order valence-electron chi connectivity index (χ1n) is 5.60. The molecule has 20 heavy (non-hydrogen) atoms.